The van der Waals surface area contributed by atoms with Crippen molar-refractivity contribution in [2.45, 2.75) is 57.4 Å². The van der Waals surface area contributed by atoms with Crippen LogP contribution in [0.3, 0.4) is 0 Å². The fourth-order valence-corrected chi connectivity index (χ4v) is 4.20. The molecule has 1 fully saturated rings. The smallest absolute Gasteiger partial charge is 0.258 e. The predicted octanol–water partition coefficient (Wildman–Crippen LogP) is 3.70. The zero-order valence-electron chi connectivity index (χ0n) is 12.3. The Hall–Kier alpha value is -1.77. The van der Waals surface area contributed by atoms with E-state index in [0.29, 0.717) is 5.56 Å². The van der Waals surface area contributed by atoms with Crippen LogP contribution in [0.4, 0.5) is 0 Å². The molecule has 0 amide bonds. The van der Waals surface area contributed by atoms with Gasteiger partial charge in [0.1, 0.15) is 5.75 Å². The molecule has 1 aromatic heterocycles. The standard InChI is InChI=1S/C18H21NO2/c20-17-14-10-4-8-13-9-5-11-19(16(13)14)18(21)15(17)12-6-2-1-3-7-12/h4,8,10,12,20H,1-3,5-7,9,11H2. The van der Waals surface area contributed by atoms with E-state index >= 15 is 0 Å². The molecular weight excluding hydrogens is 262 g/mol. The second kappa shape index (κ2) is 4.90. The second-order valence-corrected chi connectivity index (χ2v) is 6.47. The summed E-state index contributed by atoms with van der Waals surface area (Å²) in [5, 5.41) is 11.6. The van der Waals surface area contributed by atoms with Crippen LogP contribution in [0.5, 0.6) is 5.75 Å². The third kappa shape index (κ3) is 1.90. The highest BCUT2D eigenvalue weighted by molar-refractivity contribution is 5.89. The third-order valence-corrected chi connectivity index (χ3v) is 5.22. The molecular formula is C18H21NO2. The first kappa shape index (κ1) is 12.9. The first-order chi connectivity index (χ1) is 10.3. The van der Waals surface area contributed by atoms with E-state index in [0.717, 1.165) is 43.1 Å². The molecule has 2 heterocycles. The lowest BCUT2D eigenvalue weighted by Gasteiger charge is -2.26. The summed E-state index contributed by atoms with van der Waals surface area (Å²) in [4.78, 5) is 12.9. The van der Waals surface area contributed by atoms with Crippen LogP contribution in [0, 0.1) is 0 Å². The van der Waals surface area contributed by atoms with Crippen molar-refractivity contribution in [1.29, 1.82) is 0 Å². The lowest BCUT2D eigenvalue weighted by molar-refractivity contribution is 0.410. The number of hydrogen-bond acceptors (Lipinski definition) is 2. The van der Waals surface area contributed by atoms with Gasteiger partial charge in [-0.05, 0) is 43.2 Å². The fraction of sp³-hybridized carbons (Fsp3) is 0.500. The molecule has 0 radical (unpaired) electrons. The topological polar surface area (TPSA) is 42.2 Å². The van der Waals surface area contributed by atoms with Gasteiger partial charge in [0.15, 0.2) is 0 Å². The van der Waals surface area contributed by atoms with Crippen LogP contribution in [0.1, 0.15) is 55.6 Å². The molecule has 3 heteroatoms. The normalized spacial score (nSPS) is 19.0. The molecule has 0 spiro atoms. The molecule has 110 valence electrons. The number of aromatic hydroxyl groups is 1. The maximum absolute atomic E-state index is 12.9. The van der Waals surface area contributed by atoms with Gasteiger partial charge in [-0.25, -0.2) is 0 Å². The Morgan fingerprint density at radius 2 is 1.90 bits per heavy atom. The van der Waals surface area contributed by atoms with Crippen molar-refractivity contribution in [3.63, 3.8) is 0 Å². The number of rotatable bonds is 1. The van der Waals surface area contributed by atoms with E-state index in [9.17, 15) is 9.90 Å². The van der Waals surface area contributed by atoms with Gasteiger partial charge in [-0.15, -0.1) is 0 Å². The van der Waals surface area contributed by atoms with Gasteiger partial charge in [0.05, 0.1) is 11.1 Å². The van der Waals surface area contributed by atoms with Crippen molar-refractivity contribution >= 4 is 10.9 Å². The van der Waals surface area contributed by atoms with Crippen molar-refractivity contribution in [3.8, 4) is 5.75 Å². The molecule has 4 rings (SSSR count). The number of para-hydroxylation sites is 1. The average molecular weight is 283 g/mol. The molecule has 1 saturated carbocycles. The molecule has 21 heavy (non-hydrogen) atoms. The summed E-state index contributed by atoms with van der Waals surface area (Å²) in [5.41, 5.74) is 2.90. The Labute approximate surface area is 124 Å². The summed E-state index contributed by atoms with van der Waals surface area (Å²) < 4.78 is 1.91. The largest absolute Gasteiger partial charge is 0.507 e. The summed E-state index contributed by atoms with van der Waals surface area (Å²) in [7, 11) is 0. The lowest BCUT2D eigenvalue weighted by atomic mass is 9.83. The van der Waals surface area contributed by atoms with Crippen molar-refractivity contribution in [3.05, 3.63) is 39.7 Å². The van der Waals surface area contributed by atoms with Gasteiger partial charge in [0.25, 0.3) is 5.56 Å². The molecule has 0 bridgehead atoms. The molecule has 1 aliphatic heterocycles. The van der Waals surface area contributed by atoms with E-state index in [2.05, 4.69) is 6.07 Å². The van der Waals surface area contributed by atoms with Crippen molar-refractivity contribution in [2.75, 3.05) is 0 Å². The SMILES string of the molecule is O=c1c(C2CCCCC2)c(O)c2cccc3c2n1CCC3. The molecule has 0 unspecified atom stereocenters. The minimum Gasteiger partial charge on any atom is -0.507 e. The summed E-state index contributed by atoms with van der Waals surface area (Å²) in [5.74, 6) is 0.492. The minimum absolute atomic E-state index is 0.0547. The van der Waals surface area contributed by atoms with Gasteiger partial charge in [0, 0.05) is 11.9 Å². The van der Waals surface area contributed by atoms with Crippen LogP contribution in [0.15, 0.2) is 23.0 Å². The Morgan fingerprint density at radius 1 is 1.10 bits per heavy atom. The van der Waals surface area contributed by atoms with Crippen LogP contribution in [-0.4, -0.2) is 9.67 Å². The maximum Gasteiger partial charge on any atom is 0.258 e. The van der Waals surface area contributed by atoms with Gasteiger partial charge in [-0.3, -0.25) is 4.79 Å². The Bertz CT molecular complexity index is 754. The highest BCUT2D eigenvalue weighted by Gasteiger charge is 2.27. The zero-order chi connectivity index (χ0) is 14.4. The molecule has 0 atom stereocenters. The number of nitrogens with zero attached hydrogens (tertiary/aromatic N) is 1. The highest BCUT2D eigenvalue weighted by atomic mass is 16.3. The fourth-order valence-electron chi connectivity index (χ4n) is 4.20. The summed E-state index contributed by atoms with van der Waals surface area (Å²) in [6.45, 7) is 0.784. The molecule has 1 aromatic carbocycles. The van der Waals surface area contributed by atoms with Crippen molar-refractivity contribution in [1.82, 2.24) is 4.57 Å². The minimum atomic E-state index is 0.0547. The molecule has 0 saturated heterocycles. The summed E-state index contributed by atoms with van der Waals surface area (Å²) in [6.07, 6.45) is 7.67. The lowest BCUT2D eigenvalue weighted by Crippen LogP contribution is -2.29. The quantitative estimate of drug-likeness (QED) is 0.867. The number of aromatic nitrogens is 1. The number of hydrogen-bond donors (Lipinski definition) is 1. The van der Waals surface area contributed by atoms with Crippen LogP contribution >= 0.6 is 0 Å². The number of pyridine rings is 1. The van der Waals surface area contributed by atoms with E-state index in [1.165, 1.54) is 24.8 Å². The second-order valence-electron chi connectivity index (χ2n) is 6.47. The Kier molecular flexibility index (Phi) is 3.02. The van der Waals surface area contributed by atoms with Crippen LogP contribution in [0.2, 0.25) is 0 Å². The van der Waals surface area contributed by atoms with E-state index in [1.807, 2.05) is 16.7 Å². The average Bonchev–Trinajstić information content (AvgIpc) is 2.54. The summed E-state index contributed by atoms with van der Waals surface area (Å²) in [6, 6.07) is 6.04. The van der Waals surface area contributed by atoms with Gasteiger partial charge in [-0.2, -0.15) is 0 Å². The maximum atomic E-state index is 12.9. The van der Waals surface area contributed by atoms with Crippen LogP contribution in [0.25, 0.3) is 10.9 Å². The van der Waals surface area contributed by atoms with Crippen LogP contribution in [-0.2, 0) is 13.0 Å². The van der Waals surface area contributed by atoms with E-state index < -0.39 is 0 Å². The summed E-state index contributed by atoms with van der Waals surface area (Å²) >= 11 is 0. The third-order valence-electron chi connectivity index (χ3n) is 5.22. The zero-order valence-corrected chi connectivity index (χ0v) is 12.3. The monoisotopic (exact) mass is 283 g/mol. The van der Waals surface area contributed by atoms with Gasteiger partial charge >= 0.3 is 0 Å². The highest BCUT2D eigenvalue weighted by Crippen LogP contribution is 2.39. The number of benzene rings is 1. The van der Waals surface area contributed by atoms with E-state index in [-0.39, 0.29) is 17.2 Å². The van der Waals surface area contributed by atoms with Crippen molar-refractivity contribution < 1.29 is 5.11 Å². The van der Waals surface area contributed by atoms with E-state index in [4.69, 9.17) is 0 Å². The molecule has 1 aliphatic carbocycles. The predicted molar refractivity (Wildman–Crippen MR) is 84.0 cm³/mol. The van der Waals surface area contributed by atoms with Gasteiger partial charge < -0.3 is 9.67 Å². The first-order valence-corrected chi connectivity index (χ1v) is 8.14. The van der Waals surface area contributed by atoms with Crippen LogP contribution < -0.4 is 5.56 Å². The number of aryl methyl sites for hydroxylation is 2. The Balaban J connectivity index is 2.02. The van der Waals surface area contributed by atoms with E-state index in [1.54, 1.807) is 0 Å². The van der Waals surface area contributed by atoms with Gasteiger partial charge in [-0.1, -0.05) is 31.4 Å². The Morgan fingerprint density at radius 3 is 2.71 bits per heavy atom. The van der Waals surface area contributed by atoms with Gasteiger partial charge in [0.2, 0.25) is 0 Å². The molecule has 2 aromatic rings. The molecule has 1 N–H and O–H groups in total. The van der Waals surface area contributed by atoms with Crippen molar-refractivity contribution in [2.24, 2.45) is 0 Å². The molecule has 2 aliphatic rings. The molecule has 3 nitrogen and oxygen atoms in total. The first-order valence-electron chi connectivity index (χ1n) is 8.14.